The average molecular weight is 918 g/mol. The monoisotopic (exact) mass is 917 g/mol. The Morgan fingerprint density at radius 3 is 2.24 bits per heavy atom. The molecule has 4 aromatic rings. The fourth-order valence-corrected chi connectivity index (χ4v) is 7.43. The van der Waals surface area contributed by atoms with Crippen molar-refractivity contribution in [1.82, 2.24) is 41.5 Å². The van der Waals surface area contributed by atoms with Gasteiger partial charge in [0.05, 0.1) is 17.3 Å². The minimum absolute atomic E-state index is 0.0142. The van der Waals surface area contributed by atoms with Crippen molar-refractivity contribution in [3.8, 4) is 40.1 Å². The summed E-state index contributed by atoms with van der Waals surface area (Å²) in [5, 5.41) is 22.4. The molecule has 1 unspecified atom stereocenters. The van der Waals surface area contributed by atoms with E-state index in [9.17, 15) is 34.0 Å². The molecular weight excluding hydrogens is 859 g/mol. The van der Waals surface area contributed by atoms with Crippen molar-refractivity contribution in [2.45, 2.75) is 77.0 Å². The minimum atomic E-state index is -1.45. The van der Waals surface area contributed by atoms with Crippen LogP contribution in [0, 0.1) is 18.3 Å². The SMILES string of the molecule is Cc1nc(-c2ccc(C(C)(C)C)cc2)ncc1C(=O)NC(CCNC=O)C(=O)N(C)[C@@H]1C(=O)N[C@@H](C)C(=O)N[C@H](C(=O)NCC#N)Cc2ccc(OCCN)c(c2)-c2cc1ccc2OCCN. The van der Waals surface area contributed by atoms with Gasteiger partial charge in [-0.25, -0.2) is 9.97 Å². The molecule has 3 aromatic carbocycles. The first-order chi connectivity index (χ1) is 32.0. The Hall–Kier alpha value is -7.43. The van der Waals surface area contributed by atoms with Gasteiger partial charge in [0.2, 0.25) is 30.0 Å². The van der Waals surface area contributed by atoms with Gasteiger partial charge in [0, 0.05) is 56.0 Å². The van der Waals surface area contributed by atoms with E-state index < -0.39 is 53.7 Å². The van der Waals surface area contributed by atoms with E-state index in [0.29, 0.717) is 46.1 Å². The Bertz CT molecular complexity index is 2490. The highest BCUT2D eigenvalue weighted by Gasteiger charge is 2.36. The van der Waals surface area contributed by atoms with E-state index in [1.807, 2.05) is 30.3 Å². The van der Waals surface area contributed by atoms with Gasteiger partial charge in [-0.3, -0.25) is 28.8 Å². The van der Waals surface area contributed by atoms with Gasteiger partial charge >= 0.3 is 0 Å². The number of nitriles is 1. The zero-order chi connectivity index (χ0) is 48.8. The fourth-order valence-electron chi connectivity index (χ4n) is 7.43. The molecule has 0 aliphatic carbocycles. The highest BCUT2D eigenvalue weighted by molar-refractivity contribution is 6.00. The number of likely N-dealkylation sites (N-methyl/N-ethyl adjacent to an activating group) is 1. The summed E-state index contributed by atoms with van der Waals surface area (Å²) in [6.07, 6.45) is 1.74. The van der Waals surface area contributed by atoms with E-state index in [1.165, 1.54) is 20.2 Å². The van der Waals surface area contributed by atoms with Crippen LogP contribution in [-0.4, -0.2) is 115 Å². The number of rotatable bonds is 17. The van der Waals surface area contributed by atoms with Gasteiger partial charge in [-0.2, -0.15) is 5.26 Å². The Morgan fingerprint density at radius 1 is 0.970 bits per heavy atom. The third-order valence-electron chi connectivity index (χ3n) is 11.1. The van der Waals surface area contributed by atoms with E-state index in [-0.39, 0.29) is 68.8 Å². The summed E-state index contributed by atoms with van der Waals surface area (Å²) in [6, 6.07) is 14.6. The lowest BCUT2D eigenvalue weighted by Gasteiger charge is -2.32. The first-order valence-electron chi connectivity index (χ1n) is 21.9. The van der Waals surface area contributed by atoms with Crippen molar-refractivity contribution in [3.05, 3.63) is 94.8 Å². The largest absolute Gasteiger partial charge is 0.492 e. The number of fused-ring (bicyclic) bond motifs is 5. The van der Waals surface area contributed by atoms with E-state index in [1.54, 1.807) is 43.3 Å². The van der Waals surface area contributed by atoms with E-state index in [4.69, 9.17) is 20.9 Å². The third-order valence-corrected chi connectivity index (χ3v) is 11.1. The Morgan fingerprint density at radius 2 is 1.63 bits per heavy atom. The molecule has 1 aliphatic rings. The van der Waals surface area contributed by atoms with Gasteiger partial charge in [-0.05, 0) is 66.6 Å². The standard InChI is InChI=1S/C48H59N11O8/c1-28-36(26-54-42(55-28)31-8-11-33(12-9-31)48(3,4)5)44(62)57-37(15-19-52-27-60)47(65)59(6)41-32-10-14-40(67-22-18-51)35(25-32)34-23-30(7-13-39(34)66-21-17-50)24-38(45(63)53-20-16-49)58-43(61)29(2)56-46(41)64/h7-14,23,25-27,29,37-38,41H,15,17-22,24,50-51H2,1-6H3,(H,52,60)(H,53,63)(H,56,64)(H,57,62)(H,58,61)/t29-,37?,38-,41-/m0/s1. The summed E-state index contributed by atoms with van der Waals surface area (Å²) in [4.78, 5) is 92.1. The smallest absolute Gasteiger partial charge is 0.255 e. The topological polar surface area (TPSA) is 286 Å². The normalized spacial score (nSPS) is 16.4. The number of carbonyl (C=O) groups is 6. The van der Waals surface area contributed by atoms with Crippen LogP contribution in [0.25, 0.3) is 22.5 Å². The van der Waals surface area contributed by atoms with Gasteiger partial charge in [0.1, 0.15) is 55.4 Å². The van der Waals surface area contributed by atoms with Gasteiger partial charge in [-0.15, -0.1) is 0 Å². The number of carbonyl (C=O) groups excluding carboxylic acids is 6. The minimum Gasteiger partial charge on any atom is -0.492 e. The second-order valence-corrected chi connectivity index (χ2v) is 17.0. The molecule has 5 rings (SSSR count). The van der Waals surface area contributed by atoms with Crippen LogP contribution in [0.4, 0.5) is 0 Å². The number of hydrogen-bond acceptors (Lipinski definition) is 13. The average Bonchev–Trinajstić information content (AvgIpc) is 3.30. The van der Waals surface area contributed by atoms with Crippen LogP contribution in [0.1, 0.15) is 72.9 Å². The van der Waals surface area contributed by atoms with Crippen LogP contribution in [0.2, 0.25) is 0 Å². The lowest BCUT2D eigenvalue weighted by atomic mass is 9.87. The van der Waals surface area contributed by atoms with Crippen molar-refractivity contribution >= 4 is 35.9 Å². The molecule has 0 saturated heterocycles. The van der Waals surface area contributed by atoms with Crippen molar-refractivity contribution < 1.29 is 38.2 Å². The van der Waals surface area contributed by atoms with Gasteiger partial charge in [0.25, 0.3) is 5.91 Å². The molecule has 0 saturated carbocycles. The van der Waals surface area contributed by atoms with Crippen LogP contribution in [0.5, 0.6) is 11.5 Å². The fraction of sp³-hybridized carbons (Fsp3) is 0.396. The predicted octanol–water partition coefficient (Wildman–Crippen LogP) is 1.71. The van der Waals surface area contributed by atoms with E-state index in [0.717, 1.165) is 16.0 Å². The van der Waals surface area contributed by atoms with Gasteiger partial charge in [-0.1, -0.05) is 57.2 Å². The Labute approximate surface area is 389 Å². The number of nitrogens with zero attached hydrogens (tertiary/aromatic N) is 4. The van der Waals surface area contributed by atoms with E-state index >= 15 is 0 Å². The predicted molar refractivity (Wildman–Crippen MR) is 249 cm³/mol. The molecule has 354 valence electrons. The molecule has 2 heterocycles. The number of aromatic nitrogens is 2. The molecule has 67 heavy (non-hydrogen) atoms. The quantitative estimate of drug-likeness (QED) is 0.0452. The number of ether oxygens (including phenoxy) is 2. The number of nitrogens with two attached hydrogens (primary N) is 2. The van der Waals surface area contributed by atoms with Crippen LogP contribution in [-0.2, 0) is 35.8 Å². The number of amides is 6. The number of aryl methyl sites for hydroxylation is 1. The summed E-state index contributed by atoms with van der Waals surface area (Å²) in [5.41, 5.74) is 15.7. The molecule has 0 spiro atoms. The molecule has 1 aromatic heterocycles. The maximum Gasteiger partial charge on any atom is 0.255 e. The Balaban J connectivity index is 1.58. The summed E-state index contributed by atoms with van der Waals surface area (Å²) in [5.74, 6) is -2.41. The number of hydrogen-bond donors (Lipinski definition) is 7. The van der Waals surface area contributed by atoms with Gasteiger partial charge < -0.3 is 52.4 Å². The van der Waals surface area contributed by atoms with Gasteiger partial charge in [0.15, 0.2) is 5.82 Å². The zero-order valence-corrected chi connectivity index (χ0v) is 38.6. The van der Waals surface area contributed by atoms with Crippen LogP contribution >= 0.6 is 0 Å². The maximum absolute atomic E-state index is 14.8. The van der Waals surface area contributed by atoms with Crippen molar-refractivity contribution in [1.29, 1.82) is 5.26 Å². The lowest BCUT2D eigenvalue weighted by molar-refractivity contribution is -0.141. The summed E-state index contributed by atoms with van der Waals surface area (Å²) < 4.78 is 12.2. The third kappa shape index (κ3) is 12.9. The molecule has 1 aliphatic heterocycles. The highest BCUT2D eigenvalue weighted by atomic mass is 16.5. The summed E-state index contributed by atoms with van der Waals surface area (Å²) >= 11 is 0. The van der Waals surface area contributed by atoms with Crippen molar-refractivity contribution in [2.75, 3.05) is 46.4 Å². The highest BCUT2D eigenvalue weighted by Crippen LogP contribution is 2.40. The first kappa shape index (κ1) is 50.6. The Kier molecular flexibility index (Phi) is 17.5. The molecule has 0 fully saturated rings. The summed E-state index contributed by atoms with van der Waals surface area (Å²) in [6.45, 7) is 9.68. The molecular formula is C48H59N11O8. The summed E-state index contributed by atoms with van der Waals surface area (Å²) in [7, 11) is 1.38. The molecule has 4 atom stereocenters. The number of nitrogens with one attached hydrogen (secondary N) is 5. The molecule has 4 bridgehead atoms. The van der Waals surface area contributed by atoms with Crippen LogP contribution in [0.15, 0.2) is 66.9 Å². The van der Waals surface area contributed by atoms with Crippen LogP contribution < -0.4 is 47.5 Å². The number of benzene rings is 3. The van der Waals surface area contributed by atoms with Crippen LogP contribution in [0.3, 0.4) is 0 Å². The maximum atomic E-state index is 14.8. The first-order valence-corrected chi connectivity index (χ1v) is 21.9. The lowest BCUT2D eigenvalue weighted by Crippen LogP contribution is -2.56. The second kappa shape index (κ2) is 23.2. The molecule has 9 N–H and O–H groups in total. The molecule has 0 radical (unpaired) electrons. The van der Waals surface area contributed by atoms with Crippen molar-refractivity contribution in [2.24, 2.45) is 11.5 Å². The second-order valence-electron chi connectivity index (χ2n) is 17.0. The van der Waals surface area contributed by atoms with Crippen molar-refractivity contribution in [3.63, 3.8) is 0 Å². The molecule has 6 amide bonds. The molecule has 19 nitrogen and oxygen atoms in total. The zero-order valence-electron chi connectivity index (χ0n) is 38.6. The molecule has 19 heteroatoms. The van der Waals surface area contributed by atoms with E-state index in [2.05, 4.69) is 57.3 Å².